The third-order valence-corrected chi connectivity index (χ3v) is 3.21. The molecule has 1 aliphatic rings. The number of para-hydroxylation sites is 1. The number of fused-ring (bicyclic) bond motifs is 1. The van der Waals surface area contributed by atoms with E-state index in [1.807, 2.05) is 31.2 Å². The number of amides is 1. The molecule has 2 aromatic rings. The van der Waals surface area contributed by atoms with E-state index < -0.39 is 5.82 Å². The lowest BCUT2D eigenvalue weighted by molar-refractivity contribution is -0.114. The predicted octanol–water partition coefficient (Wildman–Crippen LogP) is 2.92. The maximum atomic E-state index is 13.9. The Hall–Kier alpha value is -2.49. The lowest BCUT2D eigenvalue weighted by atomic mass is 9.99. The van der Waals surface area contributed by atoms with Crippen molar-refractivity contribution in [3.63, 3.8) is 0 Å². The summed E-state index contributed by atoms with van der Waals surface area (Å²) in [5, 5.41) is 2.58. The first-order valence-corrected chi connectivity index (χ1v) is 6.35. The summed E-state index contributed by atoms with van der Waals surface area (Å²) >= 11 is 0. The second-order valence-electron chi connectivity index (χ2n) is 4.74. The highest BCUT2D eigenvalue weighted by atomic mass is 19.1. The Morgan fingerprint density at radius 2 is 2.00 bits per heavy atom. The van der Waals surface area contributed by atoms with E-state index >= 15 is 0 Å². The smallest absolute Gasteiger partial charge is 0.246 e. The van der Waals surface area contributed by atoms with E-state index in [9.17, 15) is 9.18 Å². The fourth-order valence-corrected chi connectivity index (χ4v) is 2.30. The normalized spacial score (nSPS) is 14.1. The van der Waals surface area contributed by atoms with E-state index in [2.05, 4.69) is 10.3 Å². The molecule has 1 N–H and O–H groups in total. The number of aryl methyl sites for hydroxylation is 1. The maximum absolute atomic E-state index is 13.9. The summed E-state index contributed by atoms with van der Waals surface area (Å²) < 4.78 is 13.9. The summed E-state index contributed by atoms with van der Waals surface area (Å²) in [7, 11) is 0. The quantitative estimate of drug-likeness (QED) is 0.849. The van der Waals surface area contributed by atoms with Crippen LogP contribution in [0.3, 0.4) is 0 Å². The van der Waals surface area contributed by atoms with Crippen LogP contribution in [-0.2, 0) is 4.79 Å². The van der Waals surface area contributed by atoms with Crippen LogP contribution in [0.25, 0.3) is 0 Å². The largest absolute Gasteiger partial charge is 0.321 e. The number of halogens is 1. The Balaban J connectivity index is 2.21. The van der Waals surface area contributed by atoms with Crippen molar-refractivity contribution in [2.24, 2.45) is 4.99 Å². The Bertz CT molecular complexity index is 722. The summed E-state index contributed by atoms with van der Waals surface area (Å²) in [5.41, 5.74) is 3.43. The zero-order chi connectivity index (χ0) is 14.1. The highest BCUT2D eigenvalue weighted by molar-refractivity contribution is 6.19. The van der Waals surface area contributed by atoms with Gasteiger partial charge in [0, 0.05) is 11.1 Å². The standard InChI is InChI=1S/C16H13FN2O/c1-10-4-2-5-11(8-10)15-12-6-3-7-13(17)16(12)19-14(20)9-18-15/h2-8H,9H2,1H3,(H,19,20). The van der Waals surface area contributed by atoms with E-state index in [1.54, 1.807) is 12.1 Å². The van der Waals surface area contributed by atoms with Crippen molar-refractivity contribution >= 4 is 17.3 Å². The van der Waals surface area contributed by atoms with Gasteiger partial charge in [0.15, 0.2) is 0 Å². The number of aliphatic imine (C=N–C) groups is 1. The van der Waals surface area contributed by atoms with Crippen LogP contribution in [0.5, 0.6) is 0 Å². The Morgan fingerprint density at radius 1 is 1.20 bits per heavy atom. The highest BCUT2D eigenvalue weighted by Gasteiger charge is 2.20. The molecular weight excluding hydrogens is 255 g/mol. The number of nitrogens with one attached hydrogen (secondary N) is 1. The number of nitrogens with zero attached hydrogens (tertiary/aromatic N) is 1. The molecule has 100 valence electrons. The van der Waals surface area contributed by atoms with Gasteiger partial charge in [0.1, 0.15) is 12.4 Å². The Morgan fingerprint density at radius 3 is 2.80 bits per heavy atom. The SMILES string of the molecule is Cc1cccc(C2=NCC(=O)Nc3c(F)cccc32)c1. The predicted molar refractivity (Wildman–Crippen MR) is 76.7 cm³/mol. The van der Waals surface area contributed by atoms with Gasteiger partial charge in [0.05, 0.1) is 11.4 Å². The van der Waals surface area contributed by atoms with Crippen molar-refractivity contribution in [2.45, 2.75) is 6.92 Å². The molecule has 1 aliphatic heterocycles. The van der Waals surface area contributed by atoms with Crippen molar-refractivity contribution in [1.82, 2.24) is 0 Å². The first kappa shape index (κ1) is 12.5. The molecule has 3 nitrogen and oxygen atoms in total. The number of hydrogen-bond acceptors (Lipinski definition) is 2. The van der Waals surface area contributed by atoms with Gasteiger partial charge in [0.25, 0.3) is 0 Å². The zero-order valence-corrected chi connectivity index (χ0v) is 11.0. The van der Waals surface area contributed by atoms with Crippen LogP contribution >= 0.6 is 0 Å². The number of rotatable bonds is 1. The zero-order valence-electron chi connectivity index (χ0n) is 11.0. The van der Waals surface area contributed by atoms with Gasteiger partial charge < -0.3 is 5.32 Å². The molecule has 0 saturated heterocycles. The molecule has 2 aromatic carbocycles. The van der Waals surface area contributed by atoms with Crippen LogP contribution in [0.4, 0.5) is 10.1 Å². The van der Waals surface area contributed by atoms with Crippen molar-refractivity contribution < 1.29 is 9.18 Å². The number of anilines is 1. The van der Waals surface area contributed by atoms with Gasteiger partial charge >= 0.3 is 0 Å². The van der Waals surface area contributed by atoms with E-state index in [0.717, 1.165) is 11.1 Å². The Labute approximate surface area is 116 Å². The number of benzodiazepines with no additional fused rings is 1. The average Bonchev–Trinajstić information content (AvgIpc) is 2.59. The van der Waals surface area contributed by atoms with Crippen molar-refractivity contribution in [1.29, 1.82) is 0 Å². The number of carbonyl (C=O) groups is 1. The number of carbonyl (C=O) groups excluding carboxylic acids is 1. The molecule has 0 radical (unpaired) electrons. The van der Waals surface area contributed by atoms with Crippen LogP contribution in [-0.4, -0.2) is 18.2 Å². The molecule has 0 aromatic heterocycles. The molecule has 1 amide bonds. The van der Waals surface area contributed by atoms with E-state index in [1.165, 1.54) is 6.07 Å². The molecule has 1 heterocycles. The van der Waals surface area contributed by atoms with Crippen molar-refractivity contribution in [3.05, 3.63) is 65.0 Å². The van der Waals surface area contributed by atoms with Gasteiger partial charge in [0.2, 0.25) is 5.91 Å². The fourth-order valence-electron chi connectivity index (χ4n) is 2.30. The fraction of sp³-hybridized carbons (Fsp3) is 0.125. The van der Waals surface area contributed by atoms with Gasteiger partial charge in [-0.3, -0.25) is 9.79 Å². The molecule has 0 atom stereocenters. The molecule has 0 unspecified atom stereocenters. The Kier molecular flexibility index (Phi) is 3.06. The van der Waals surface area contributed by atoms with Gasteiger partial charge in [-0.05, 0) is 19.1 Å². The number of benzene rings is 2. The molecule has 4 heteroatoms. The van der Waals surface area contributed by atoms with Gasteiger partial charge in [-0.25, -0.2) is 4.39 Å². The molecule has 0 aliphatic carbocycles. The summed E-state index contributed by atoms with van der Waals surface area (Å²) in [6.07, 6.45) is 0. The maximum Gasteiger partial charge on any atom is 0.246 e. The topological polar surface area (TPSA) is 41.5 Å². The summed E-state index contributed by atoms with van der Waals surface area (Å²) in [6, 6.07) is 12.5. The van der Waals surface area contributed by atoms with E-state index in [4.69, 9.17) is 0 Å². The second kappa shape index (κ2) is 4.89. The second-order valence-corrected chi connectivity index (χ2v) is 4.74. The highest BCUT2D eigenvalue weighted by Crippen LogP contribution is 2.25. The van der Waals surface area contributed by atoms with Gasteiger partial charge in [-0.2, -0.15) is 0 Å². The van der Waals surface area contributed by atoms with Crippen LogP contribution in [0.2, 0.25) is 0 Å². The minimum atomic E-state index is -0.446. The van der Waals surface area contributed by atoms with Gasteiger partial charge in [-0.1, -0.05) is 35.9 Å². The van der Waals surface area contributed by atoms with E-state index in [0.29, 0.717) is 11.3 Å². The molecular formula is C16H13FN2O. The lowest BCUT2D eigenvalue weighted by Crippen LogP contribution is -2.14. The first-order chi connectivity index (χ1) is 9.65. The molecule has 20 heavy (non-hydrogen) atoms. The average molecular weight is 268 g/mol. The van der Waals surface area contributed by atoms with Gasteiger partial charge in [-0.15, -0.1) is 0 Å². The summed E-state index contributed by atoms with van der Waals surface area (Å²) in [6.45, 7) is 1.98. The summed E-state index contributed by atoms with van der Waals surface area (Å²) in [4.78, 5) is 16.0. The molecule has 0 spiro atoms. The molecule has 0 fully saturated rings. The molecule has 0 bridgehead atoms. The monoisotopic (exact) mass is 268 g/mol. The van der Waals surface area contributed by atoms with Crippen LogP contribution < -0.4 is 5.32 Å². The minimum Gasteiger partial charge on any atom is -0.321 e. The lowest BCUT2D eigenvalue weighted by Gasteiger charge is -2.11. The minimum absolute atomic E-state index is 0.00258. The molecule has 3 rings (SSSR count). The first-order valence-electron chi connectivity index (χ1n) is 6.35. The number of hydrogen-bond donors (Lipinski definition) is 1. The van der Waals surface area contributed by atoms with Crippen molar-refractivity contribution in [3.8, 4) is 0 Å². The van der Waals surface area contributed by atoms with Crippen LogP contribution in [0.1, 0.15) is 16.7 Å². The van der Waals surface area contributed by atoms with Crippen LogP contribution in [0.15, 0.2) is 47.5 Å². The third-order valence-electron chi connectivity index (χ3n) is 3.21. The van der Waals surface area contributed by atoms with E-state index in [-0.39, 0.29) is 18.1 Å². The third kappa shape index (κ3) is 2.20. The van der Waals surface area contributed by atoms with Crippen LogP contribution in [0, 0.1) is 12.7 Å². The molecule has 0 saturated carbocycles. The summed E-state index contributed by atoms with van der Waals surface area (Å²) in [5.74, 6) is -0.753. The van der Waals surface area contributed by atoms with Crippen molar-refractivity contribution in [2.75, 3.05) is 11.9 Å².